The number of likely N-dealkylation sites (N-methyl/N-ethyl adjacent to an activating group) is 1. The molecule has 1 aromatic heterocycles. The zero-order valence-corrected chi connectivity index (χ0v) is 8.71. The third kappa shape index (κ3) is 1.46. The number of hydrogen-bond acceptors (Lipinski definition) is 5. The molecule has 0 saturated heterocycles. The van der Waals surface area contributed by atoms with Gasteiger partial charge >= 0.3 is 5.82 Å². The molecule has 0 saturated carbocycles. The van der Waals surface area contributed by atoms with Crippen LogP contribution in [0.15, 0.2) is 12.1 Å². The number of hydrogen-bond donors (Lipinski definition) is 0. The summed E-state index contributed by atoms with van der Waals surface area (Å²) in [4.78, 5) is 26.5. The maximum absolute atomic E-state index is 11.6. The second kappa shape index (κ2) is 3.44. The van der Waals surface area contributed by atoms with Gasteiger partial charge < -0.3 is 14.9 Å². The minimum Gasteiger partial charge on any atom is -0.475 e. The SMILES string of the molecule is CC1Oc2ccc([N+](=O)[O-])nc2N(C)C1=O. The Morgan fingerprint density at radius 2 is 2.25 bits per heavy atom. The Labute approximate surface area is 90.8 Å². The summed E-state index contributed by atoms with van der Waals surface area (Å²) in [5.41, 5.74) is 0. The van der Waals surface area contributed by atoms with Crippen LogP contribution in [0.25, 0.3) is 0 Å². The molecule has 0 aromatic carbocycles. The first-order valence-electron chi connectivity index (χ1n) is 4.60. The average Bonchev–Trinajstić information content (AvgIpc) is 2.25. The van der Waals surface area contributed by atoms with Crippen LogP contribution in [0.3, 0.4) is 0 Å². The Balaban J connectivity index is 2.50. The van der Waals surface area contributed by atoms with Crippen molar-refractivity contribution < 1.29 is 14.5 Å². The number of anilines is 1. The van der Waals surface area contributed by atoms with Gasteiger partial charge in [-0.2, -0.15) is 0 Å². The lowest BCUT2D eigenvalue weighted by Crippen LogP contribution is -2.42. The lowest BCUT2D eigenvalue weighted by atomic mass is 10.2. The van der Waals surface area contributed by atoms with E-state index in [2.05, 4.69) is 4.98 Å². The molecule has 0 aliphatic carbocycles. The molecule has 1 aliphatic rings. The third-order valence-corrected chi connectivity index (χ3v) is 2.31. The van der Waals surface area contributed by atoms with E-state index in [-0.39, 0.29) is 17.5 Å². The molecular weight excluding hydrogens is 214 g/mol. The Morgan fingerprint density at radius 3 is 2.88 bits per heavy atom. The molecule has 7 heteroatoms. The lowest BCUT2D eigenvalue weighted by molar-refractivity contribution is -0.389. The molecule has 7 nitrogen and oxygen atoms in total. The summed E-state index contributed by atoms with van der Waals surface area (Å²) in [6.45, 7) is 1.61. The van der Waals surface area contributed by atoms with E-state index in [1.165, 1.54) is 24.1 Å². The van der Waals surface area contributed by atoms with Crippen molar-refractivity contribution >= 4 is 17.5 Å². The highest BCUT2D eigenvalue weighted by Crippen LogP contribution is 2.32. The predicted molar refractivity (Wildman–Crippen MR) is 54.4 cm³/mol. The van der Waals surface area contributed by atoms with E-state index in [0.717, 1.165) is 0 Å². The quantitative estimate of drug-likeness (QED) is 0.517. The number of ether oxygens (including phenoxy) is 1. The molecule has 0 spiro atoms. The number of nitrogens with zero attached hydrogens (tertiary/aromatic N) is 3. The summed E-state index contributed by atoms with van der Waals surface area (Å²) in [5.74, 6) is -0.0328. The van der Waals surface area contributed by atoms with Gasteiger partial charge in [-0.25, -0.2) is 0 Å². The maximum atomic E-state index is 11.6. The van der Waals surface area contributed by atoms with E-state index in [4.69, 9.17) is 4.74 Å². The Hall–Kier alpha value is -2.18. The third-order valence-electron chi connectivity index (χ3n) is 2.31. The standard InChI is InChI=1S/C9H9N3O4/c1-5-9(13)11(2)8-6(16-5)3-4-7(10-8)12(14)15/h3-5H,1-2H3. The molecule has 0 fully saturated rings. The number of aromatic nitrogens is 1. The van der Waals surface area contributed by atoms with Crippen LogP contribution >= 0.6 is 0 Å². The lowest BCUT2D eigenvalue weighted by Gasteiger charge is -2.26. The molecular formula is C9H9N3O4. The number of fused-ring (bicyclic) bond motifs is 1. The van der Waals surface area contributed by atoms with Crippen LogP contribution in [0.1, 0.15) is 6.92 Å². The Morgan fingerprint density at radius 1 is 1.56 bits per heavy atom. The van der Waals surface area contributed by atoms with E-state index in [9.17, 15) is 14.9 Å². The van der Waals surface area contributed by atoms with Crippen molar-refractivity contribution in [2.24, 2.45) is 0 Å². The minimum atomic E-state index is -0.614. The van der Waals surface area contributed by atoms with Crippen molar-refractivity contribution in [2.45, 2.75) is 13.0 Å². The van der Waals surface area contributed by atoms with Gasteiger partial charge in [0, 0.05) is 13.1 Å². The summed E-state index contributed by atoms with van der Waals surface area (Å²) in [7, 11) is 1.51. The second-order valence-electron chi connectivity index (χ2n) is 3.41. The highest BCUT2D eigenvalue weighted by molar-refractivity contribution is 5.98. The van der Waals surface area contributed by atoms with Crippen LogP contribution in [-0.4, -0.2) is 29.0 Å². The summed E-state index contributed by atoms with van der Waals surface area (Å²) in [6, 6.07) is 2.69. The van der Waals surface area contributed by atoms with E-state index in [1.807, 2.05) is 0 Å². The zero-order chi connectivity index (χ0) is 11.9. The van der Waals surface area contributed by atoms with E-state index in [0.29, 0.717) is 5.75 Å². The summed E-state index contributed by atoms with van der Waals surface area (Å²) >= 11 is 0. The number of nitro groups is 1. The van der Waals surface area contributed by atoms with Gasteiger partial charge in [0.25, 0.3) is 11.7 Å². The molecule has 1 atom stereocenters. The number of rotatable bonds is 1. The van der Waals surface area contributed by atoms with Gasteiger partial charge in [0.2, 0.25) is 0 Å². The van der Waals surface area contributed by atoms with E-state index < -0.39 is 11.0 Å². The van der Waals surface area contributed by atoms with Crippen molar-refractivity contribution in [3.8, 4) is 5.75 Å². The van der Waals surface area contributed by atoms with Gasteiger partial charge in [-0.3, -0.25) is 9.69 Å². The first-order chi connectivity index (χ1) is 7.50. The second-order valence-corrected chi connectivity index (χ2v) is 3.41. The minimum absolute atomic E-state index is 0.178. The molecule has 0 bridgehead atoms. The van der Waals surface area contributed by atoms with Crippen LogP contribution in [0, 0.1) is 10.1 Å². The molecule has 0 N–H and O–H groups in total. The molecule has 84 valence electrons. The Kier molecular flexibility index (Phi) is 2.22. The fourth-order valence-corrected chi connectivity index (χ4v) is 1.48. The summed E-state index contributed by atoms with van der Waals surface area (Å²) < 4.78 is 5.27. The largest absolute Gasteiger partial charge is 0.475 e. The topological polar surface area (TPSA) is 85.6 Å². The van der Waals surface area contributed by atoms with E-state index >= 15 is 0 Å². The van der Waals surface area contributed by atoms with Crippen LogP contribution in [0.5, 0.6) is 5.75 Å². The van der Waals surface area contributed by atoms with Crippen molar-refractivity contribution in [3.63, 3.8) is 0 Å². The normalized spacial score (nSPS) is 19.0. The van der Waals surface area contributed by atoms with Crippen molar-refractivity contribution in [1.29, 1.82) is 0 Å². The van der Waals surface area contributed by atoms with Crippen LogP contribution in [0.2, 0.25) is 0 Å². The van der Waals surface area contributed by atoms with Crippen molar-refractivity contribution in [2.75, 3.05) is 11.9 Å². The number of carbonyl (C=O) groups is 1. The molecule has 2 heterocycles. The van der Waals surface area contributed by atoms with Gasteiger partial charge in [-0.1, -0.05) is 0 Å². The maximum Gasteiger partial charge on any atom is 0.366 e. The van der Waals surface area contributed by atoms with Crippen LogP contribution in [-0.2, 0) is 4.79 Å². The zero-order valence-electron chi connectivity index (χ0n) is 8.71. The fourth-order valence-electron chi connectivity index (χ4n) is 1.48. The van der Waals surface area contributed by atoms with Gasteiger partial charge in [-0.15, -0.1) is 0 Å². The number of carbonyl (C=O) groups excluding carboxylic acids is 1. The van der Waals surface area contributed by atoms with Crippen LogP contribution in [0.4, 0.5) is 11.6 Å². The van der Waals surface area contributed by atoms with Crippen LogP contribution < -0.4 is 9.64 Å². The average molecular weight is 223 g/mol. The highest BCUT2D eigenvalue weighted by Gasteiger charge is 2.34. The summed E-state index contributed by atoms with van der Waals surface area (Å²) in [5, 5.41) is 10.5. The van der Waals surface area contributed by atoms with Crippen molar-refractivity contribution in [3.05, 3.63) is 22.2 Å². The molecule has 1 aliphatic heterocycles. The summed E-state index contributed by atoms with van der Waals surface area (Å²) in [6.07, 6.45) is -0.597. The number of amides is 1. The number of pyridine rings is 1. The monoisotopic (exact) mass is 223 g/mol. The smallest absolute Gasteiger partial charge is 0.366 e. The van der Waals surface area contributed by atoms with Gasteiger partial charge in [0.1, 0.15) is 0 Å². The van der Waals surface area contributed by atoms with Gasteiger partial charge in [0.05, 0.1) is 0 Å². The Bertz CT molecular complexity index is 474. The van der Waals surface area contributed by atoms with Gasteiger partial charge in [-0.05, 0) is 22.9 Å². The van der Waals surface area contributed by atoms with Gasteiger partial charge in [0.15, 0.2) is 11.9 Å². The molecule has 1 amide bonds. The molecule has 1 aromatic rings. The molecule has 16 heavy (non-hydrogen) atoms. The fraction of sp³-hybridized carbons (Fsp3) is 0.333. The predicted octanol–water partition coefficient (Wildman–Crippen LogP) is 0.733. The molecule has 1 unspecified atom stereocenters. The first-order valence-corrected chi connectivity index (χ1v) is 4.60. The highest BCUT2D eigenvalue weighted by atomic mass is 16.6. The van der Waals surface area contributed by atoms with E-state index in [1.54, 1.807) is 6.92 Å². The van der Waals surface area contributed by atoms with Crippen molar-refractivity contribution in [1.82, 2.24) is 4.98 Å². The molecule has 2 rings (SSSR count). The molecule has 0 radical (unpaired) electrons. The first kappa shape index (κ1) is 10.3.